The van der Waals surface area contributed by atoms with E-state index in [0.29, 0.717) is 10.6 Å². The van der Waals surface area contributed by atoms with Crippen molar-refractivity contribution < 1.29 is 8.42 Å². The second-order valence-electron chi connectivity index (χ2n) is 7.39. The maximum absolute atomic E-state index is 13.1. The molecule has 0 aliphatic carbocycles. The van der Waals surface area contributed by atoms with Crippen LogP contribution in [0, 0.1) is 6.92 Å². The second-order valence-corrected chi connectivity index (χ2v) is 9.38. The zero-order chi connectivity index (χ0) is 20.0. The van der Waals surface area contributed by atoms with Gasteiger partial charge in [-0.05, 0) is 47.3 Å². The number of aryl methyl sites for hydroxylation is 1. The van der Waals surface area contributed by atoms with Crippen LogP contribution in [0.25, 0.3) is 32.4 Å². The molecule has 0 atom stereocenters. The van der Waals surface area contributed by atoms with E-state index in [0.717, 1.165) is 38.0 Å². The van der Waals surface area contributed by atoms with Gasteiger partial charge >= 0.3 is 0 Å². The summed E-state index contributed by atoms with van der Waals surface area (Å²) in [4.78, 5) is 5.13. The molecule has 1 heterocycles. The molecule has 0 saturated heterocycles. The fourth-order valence-corrected chi connectivity index (χ4v) is 5.13. The Kier molecular flexibility index (Phi) is 4.10. The maximum Gasteiger partial charge on any atom is 0.184 e. The van der Waals surface area contributed by atoms with Crippen molar-refractivity contribution in [3.05, 3.63) is 96.2 Å². The minimum Gasteiger partial charge on any atom is -0.251 e. The molecule has 0 fully saturated rings. The Morgan fingerprint density at radius 2 is 1.34 bits per heavy atom. The van der Waals surface area contributed by atoms with Gasteiger partial charge in [0.1, 0.15) is 0 Å². The number of nitrogens with zero attached hydrogens (tertiary/aromatic N) is 1. The van der Waals surface area contributed by atoms with E-state index in [-0.39, 0.29) is 5.75 Å². The van der Waals surface area contributed by atoms with Gasteiger partial charge in [0.2, 0.25) is 0 Å². The first kappa shape index (κ1) is 17.8. The van der Waals surface area contributed by atoms with E-state index in [1.54, 1.807) is 12.1 Å². The van der Waals surface area contributed by atoms with Crippen LogP contribution in [-0.4, -0.2) is 13.4 Å². The zero-order valence-electron chi connectivity index (χ0n) is 16.0. The van der Waals surface area contributed by atoms with Gasteiger partial charge in [0.15, 0.2) is 9.84 Å². The maximum atomic E-state index is 13.1. The number of hydrogen-bond acceptors (Lipinski definition) is 3. The molecule has 0 bridgehead atoms. The minimum absolute atomic E-state index is 0.126. The molecule has 5 aromatic rings. The van der Waals surface area contributed by atoms with Crippen molar-refractivity contribution in [3.63, 3.8) is 0 Å². The van der Waals surface area contributed by atoms with Gasteiger partial charge in [0, 0.05) is 10.8 Å². The quantitative estimate of drug-likeness (QED) is 0.284. The number of hydrogen-bond donors (Lipinski definition) is 0. The van der Waals surface area contributed by atoms with Crippen LogP contribution in [0.1, 0.15) is 11.3 Å². The van der Waals surface area contributed by atoms with Crippen LogP contribution in [0.5, 0.6) is 0 Å². The summed E-state index contributed by atoms with van der Waals surface area (Å²) in [7, 11) is -3.50. The Labute approximate surface area is 169 Å². The third kappa shape index (κ3) is 3.15. The van der Waals surface area contributed by atoms with E-state index >= 15 is 0 Å². The average Bonchev–Trinajstić information content (AvgIpc) is 2.73. The van der Waals surface area contributed by atoms with Crippen LogP contribution in [0.4, 0.5) is 0 Å². The second kappa shape index (κ2) is 6.68. The lowest BCUT2D eigenvalue weighted by Gasteiger charge is -2.11. The smallest absolute Gasteiger partial charge is 0.184 e. The van der Waals surface area contributed by atoms with Gasteiger partial charge in [-0.15, -0.1) is 0 Å². The van der Waals surface area contributed by atoms with Gasteiger partial charge in [-0.1, -0.05) is 66.2 Å². The van der Waals surface area contributed by atoms with Gasteiger partial charge in [0.05, 0.1) is 21.9 Å². The lowest BCUT2D eigenvalue weighted by atomic mass is 10.0. The van der Waals surface area contributed by atoms with E-state index in [9.17, 15) is 8.42 Å². The molecule has 4 heteroatoms. The molecular weight excluding hydrogens is 378 g/mol. The number of fused-ring (bicyclic) bond motifs is 4. The molecule has 0 radical (unpaired) electrons. The van der Waals surface area contributed by atoms with E-state index in [1.807, 2.05) is 67.6 Å². The van der Waals surface area contributed by atoms with E-state index < -0.39 is 9.84 Å². The predicted molar refractivity (Wildman–Crippen MR) is 119 cm³/mol. The summed E-state index contributed by atoms with van der Waals surface area (Å²) < 4.78 is 26.1. The average molecular weight is 397 g/mol. The highest BCUT2D eigenvalue weighted by molar-refractivity contribution is 7.90. The number of aromatic nitrogens is 1. The van der Waals surface area contributed by atoms with Crippen molar-refractivity contribution in [2.75, 3.05) is 0 Å². The van der Waals surface area contributed by atoms with Gasteiger partial charge in [-0.2, -0.15) is 0 Å². The van der Waals surface area contributed by atoms with Crippen molar-refractivity contribution in [1.82, 2.24) is 4.98 Å². The van der Waals surface area contributed by atoms with Crippen molar-refractivity contribution >= 4 is 42.3 Å². The Balaban J connectivity index is 1.74. The molecule has 4 aromatic carbocycles. The Hall–Kier alpha value is -3.24. The van der Waals surface area contributed by atoms with Crippen molar-refractivity contribution in [1.29, 1.82) is 0 Å². The number of benzene rings is 4. The zero-order valence-corrected chi connectivity index (χ0v) is 16.8. The first-order chi connectivity index (χ1) is 14.0. The highest BCUT2D eigenvalue weighted by Gasteiger charge is 2.19. The van der Waals surface area contributed by atoms with Gasteiger partial charge in [-0.25, -0.2) is 8.42 Å². The molecule has 29 heavy (non-hydrogen) atoms. The topological polar surface area (TPSA) is 47.0 Å². The Morgan fingerprint density at radius 1 is 0.724 bits per heavy atom. The summed E-state index contributed by atoms with van der Waals surface area (Å²) in [5, 5.41) is 5.18. The summed E-state index contributed by atoms with van der Waals surface area (Å²) in [6.45, 7) is 1.94. The fourth-order valence-electron chi connectivity index (χ4n) is 3.83. The minimum atomic E-state index is -3.50. The van der Waals surface area contributed by atoms with Gasteiger partial charge in [-0.3, -0.25) is 4.98 Å². The fraction of sp³-hybridized carbons (Fsp3) is 0.0800. The van der Waals surface area contributed by atoms with Crippen LogP contribution < -0.4 is 0 Å². The highest BCUT2D eigenvalue weighted by Crippen LogP contribution is 2.31. The van der Waals surface area contributed by atoms with Gasteiger partial charge in [0.25, 0.3) is 0 Å². The summed E-state index contributed by atoms with van der Waals surface area (Å²) in [5.41, 5.74) is 2.44. The summed E-state index contributed by atoms with van der Waals surface area (Å²) in [5.74, 6) is -0.126. The molecule has 0 amide bonds. The third-order valence-corrected chi connectivity index (χ3v) is 7.00. The molecule has 0 spiro atoms. The van der Waals surface area contributed by atoms with Crippen LogP contribution in [0.15, 0.2) is 89.8 Å². The van der Waals surface area contributed by atoms with Crippen LogP contribution in [0.2, 0.25) is 0 Å². The molecule has 0 N–H and O–H groups in total. The molecule has 0 aliphatic rings. The predicted octanol–water partition coefficient (Wildman–Crippen LogP) is 5.82. The number of rotatable bonds is 3. The van der Waals surface area contributed by atoms with Crippen LogP contribution in [-0.2, 0) is 15.6 Å². The molecule has 0 unspecified atom stereocenters. The third-order valence-electron chi connectivity index (χ3n) is 5.35. The number of pyridine rings is 1. The highest BCUT2D eigenvalue weighted by atomic mass is 32.2. The van der Waals surface area contributed by atoms with Crippen LogP contribution in [0.3, 0.4) is 0 Å². The normalized spacial score (nSPS) is 12.0. The van der Waals surface area contributed by atoms with E-state index in [1.165, 1.54) is 0 Å². The largest absolute Gasteiger partial charge is 0.251 e. The molecular formula is C25H19NO2S. The van der Waals surface area contributed by atoms with E-state index in [4.69, 9.17) is 4.98 Å². The van der Waals surface area contributed by atoms with Gasteiger partial charge < -0.3 is 0 Å². The molecule has 3 nitrogen and oxygen atoms in total. The van der Waals surface area contributed by atoms with Crippen LogP contribution >= 0.6 is 0 Å². The molecule has 142 valence electrons. The van der Waals surface area contributed by atoms with Crippen molar-refractivity contribution in [3.8, 4) is 0 Å². The van der Waals surface area contributed by atoms with Crippen molar-refractivity contribution in [2.24, 2.45) is 0 Å². The van der Waals surface area contributed by atoms with Crippen molar-refractivity contribution in [2.45, 2.75) is 17.6 Å². The SMILES string of the molecule is Cc1ccc(S(=O)(=O)Cc2nc3cc4ccccc4cc3c3ccccc23)cc1. The number of sulfone groups is 1. The summed E-state index contributed by atoms with van der Waals surface area (Å²) in [6, 6.07) is 27.2. The summed E-state index contributed by atoms with van der Waals surface area (Å²) in [6.07, 6.45) is 0. The Bertz CT molecular complexity index is 1490. The lowest BCUT2D eigenvalue weighted by Crippen LogP contribution is -2.07. The summed E-state index contributed by atoms with van der Waals surface area (Å²) >= 11 is 0. The Morgan fingerprint density at radius 3 is 2.07 bits per heavy atom. The molecule has 5 rings (SSSR count). The van der Waals surface area contributed by atoms with E-state index in [2.05, 4.69) is 12.1 Å². The first-order valence-electron chi connectivity index (χ1n) is 9.51. The molecule has 1 aromatic heterocycles. The molecule has 0 saturated carbocycles. The lowest BCUT2D eigenvalue weighted by molar-refractivity contribution is 0.595. The standard InChI is InChI=1S/C25H19NO2S/c1-17-10-12-20(13-11-17)29(27,28)16-25-22-9-5-4-8-21(22)23-14-18-6-2-3-7-19(18)15-24(23)26-25/h2-15H,16H2,1H3. The monoisotopic (exact) mass is 397 g/mol. The first-order valence-corrected chi connectivity index (χ1v) is 11.2. The molecule has 0 aliphatic heterocycles.